The van der Waals surface area contributed by atoms with Gasteiger partial charge < -0.3 is 14.2 Å². The number of carbonyl (C=O) groups is 1. The Kier molecular flexibility index (Phi) is 6.78. The number of ether oxygens (including phenoxy) is 3. The van der Waals surface area contributed by atoms with Crippen molar-refractivity contribution >= 4 is 16.1 Å². The number of hydrogen-bond donors (Lipinski definition) is 0. The Morgan fingerprint density at radius 1 is 1.50 bits per heavy atom. The second-order valence-electron chi connectivity index (χ2n) is 4.46. The van der Waals surface area contributed by atoms with Crippen LogP contribution in [0.1, 0.15) is 6.42 Å². The van der Waals surface area contributed by atoms with E-state index >= 15 is 0 Å². The average molecular weight is 335 g/mol. The van der Waals surface area contributed by atoms with Crippen molar-refractivity contribution in [2.24, 2.45) is 5.11 Å². The minimum atomic E-state index is -3.83. The predicted molar refractivity (Wildman–Crippen MR) is 74.1 cm³/mol. The van der Waals surface area contributed by atoms with Crippen molar-refractivity contribution in [3.8, 4) is 0 Å². The Labute approximate surface area is 127 Å². The number of nitrogens with zero attached hydrogens (tertiary/aromatic N) is 3. The van der Waals surface area contributed by atoms with E-state index in [1.54, 1.807) is 0 Å². The molecule has 0 aromatic heterocycles. The van der Waals surface area contributed by atoms with Crippen LogP contribution in [-0.4, -0.2) is 59.9 Å². The fourth-order valence-corrected chi connectivity index (χ4v) is 2.63. The summed E-state index contributed by atoms with van der Waals surface area (Å²) in [5.74, 6) is -0.623. The number of hydrogen-bond acceptors (Lipinski definition) is 8. The van der Waals surface area contributed by atoms with Crippen LogP contribution in [0.2, 0.25) is 0 Å². The summed E-state index contributed by atoms with van der Waals surface area (Å²) in [4.78, 5) is 14.3. The molecule has 11 heteroatoms. The third kappa shape index (κ3) is 5.28. The van der Waals surface area contributed by atoms with E-state index in [1.807, 2.05) is 0 Å². The summed E-state index contributed by atoms with van der Waals surface area (Å²) in [6, 6.07) is -0.944. The predicted octanol–water partition coefficient (Wildman–Crippen LogP) is 0.502. The van der Waals surface area contributed by atoms with Crippen LogP contribution < -0.4 is 0 Å². The quantitative estimate of drug-likeness (QED) is 0.165. The van der Waals surface area contributed by atoms with Crippen LogP contribution in [-0.2, 0) is 33.3 Å². The van der Waals surface area contributed by atoms with Crippen molar-refractivity contribution in [3.63, 3.8) is 0 Å². The first-order valence-corrected chi connectivity index (χ1v) is 7.96. The molecule has 124 valence electrons. The maximum Gasteiger partial charge on any atom is 0.333 e. The van der Waals surface area contributed by atoms with Gasteiger partial charge in [0.05, 0.1) is 19.4 Å². The van der Waals surface area contributed by atoms with E-state index in [9.17, 15) is 13.2 Å². The van der Waals surface area contributed by atoms with Gasteiger partial charge in [-0.3, -0.25) is 4.18 Å². The lowest BCUT2D eigenvalue weighted by atomic mass is 9.90. The van der Waals surface area contributed by atoms with Crippen LogP contribution in [0.3, 0.4) is 0 Å². The van der Waals surface area contributed by atoms with E-state index in [4.69, 9.17) is 19.2 Å². The molecule has 0 saturated carbocycles. The topological polar surface area (TPSA) is 137 Å². The summed E-state index contributed by atoms with van der Waals surface area (Å²) in [7, 11) is -1.24. The van der Waals surface area contributed by atoms with Gasteiger partial charge in [0.25, 0.3) is 10.1 Å². The summed E-state index contributed by atoms with van der Waals surface area (Å²) in [6.07, 6.45) is 0.170. The summed E-state index contributed by atoms with van der Waals surface area (Å²) in [5, 5.41) is 3.50. The van der Waals surface area contributed by atoms with E-state index in [-0.39, 0.29) is 18.8 Å². The molecule has 1 aliphatic rings. The van der Waals surface area contributed by atoms with Crippen molar-refractivity contribution < 1.29 is 31.6 Å². The van der Waals surface area contributed by atoms with Crippen LogP contribution in [0.25, 0.3) is 10.4 Å². The molecular weight excluding hydrogens is 318 g/mol. The Balaban J connectivity index is 3.17. The van der Waals surface area contributed by atoms with Crippen molar-refractivity contribution in [3.05, 3.63) is 22.1 Å². The zero-order chi connectivity index (χ0) is 16.8. The molecule has 0 heterocycles. The van der Waals surface area contributed by atoms with E-state index in [0.717, 1.165) is 6.26 Å². The number of azide groups is 1. The molecule has 0 aromatic rings. The summed E-state index contributed by atoms with van der Waals surface area (Å²) in [5.41, 5.74) is 8.83. The standard InChI is InChI=1S/C11H17N3O7S/c1-18-6-20-9-5-7(11(15)19-2)4-8(13-14-12)10(9)21-22(3,16)17/h5,8-10H,4,6H2,1-3H3/t8-,9-,10?/m1/s1. The lowest BCUT2D eigenvalue weighted by Crippen LogP contribution is -2.44. The van der Waals surface area contributed by atoms with Crippen LogP contribution in [0.4, 0.5) is 0 Å². The highest BCUT2D eigenvalue weighted by molar-refractivity contribution is 7.86. The third-order valence-corrected chi connectivity index (χ3v) is 3.38. The molecule has 0 bridgehead atoms. The maximum atomic E-state index is 11.7. The molecule has 10 nitrogen and oxygen atoms in total. The molecule has 22 heavy (non-hydrogen) atoms. The van der Waals surface area contributed by atoms with Crippen LogP contribution in [0.15, 0.2) is 16.8 Å². The lowest BCUT2D eigenvalue weighted by Gasteiger charge is -2.32. The summed E-state index contributed by atoms with van der Waals surface area (Å²) >= 11 is 0. The zero-order valence-electron chi connectivity index (χ0n) is 12.3. The fourth-order valence-electron chi connectivity index (χ4n) is 1.99. The van der Waals surface area contributed by atoms with Gasteiger partial charge in [0.1, 0.15) is 19.0 Å². The minimum absolute atomic E-state index is 0.0240. The summed E-state index contributed by atoms with van der Waals surface area (Å²) in [6.45, 7) is -0.164. The maximum absolute atomic E-state index is 11.7. The van der Waals surface area contributed by atoms with Crippen LogP contribution in [0.5, 0.6) is 0 Å². The number of methoxy groups -OCH3 is 2. The number of carbonyl (C=O) groups excluding carboxylic acids is 1. The third-order valence-electron chi connectivity index (χ3n) is 2.81. The molecule has 0 spiro atoms. The zero-order valence-corrected chi connectivity index (χ0v) is 13.1. The SMILES string of the molecule is COCO[C@@H]1C=C(C(=O)OC)C[C@@H](N=[N+]=[N-])C1OS(C)(=O)=O. The second kappa shape index (κ2) is 8.11. The van der Waals surface area contributed by atoms with Crippen molar-refractivity contribution in [2.75, 3.05) is 27.3 Å². The highest BCUT2D eigenvalue weighted by Gasteiger charge is 2.38. The highest BCUT2D eigenvalue weighted by Crippen LogP contribution is 2.28. The van der Waals surface area contributed by atoms with E-state index < -0.39 is 34.3 Å². The Morgan fingerprint density at radius 3 is 2.68 bits per heavy atom. The molecule has 0 N–H and O–H groups in total. The van der Waals surface area contributed by atoms with Crippen molar-refractivity contribution in [2.45, 2.75) is 24.7 Å². The molecule has 0 fully saturated rings. The summed E-state index contributed by atoms with van der Waals surface area (Å²) < 4.78 is 42.4. The monoisotopic (exact) mass is 335 g/mol. The van der Waals surface area contributed by atoms with Gasteiger partial charge in [-0.15, -0.1) is 0 Å². The number of rotatable bonds is 7. The Morgan fingerprint density at radius 2 is 2.18 bits per heavy atom. The molecular formula is C11H17N3O7S. The van der Waals surface area contributed by atoms with Gasteiger partial charge in [-0.1, -0.05) is 5.11 Å². The normalized spacial score (nSPS) is 25.0. The molecule has 3 atom stereocenters. The first-order valence-electron chi connectivity index (χ1n) is 6.14. The van der Waals surface area contributed by atoms with Gasteiger partial charge in [0.2, 0.25) is 0 Å². The van der Waals surface area contributed by atoms with Crippen molar-refractivity contribution in [1.82, 2.24) is 0 Å². The molecule has 1 aliphatic carbocycles. The molecule has 1 rings (SSSR count). The lowest BCUT2D eigenvalue weighted by molar-refractivity contribution is -0.137. The number of esters is 1. The van der Waals surface area contributed by atoms with E-state index in [2.05, 4.69) is 14.8 Å². The first-order chi connectivity index (χ1) is 10.3. The molecule has 0 saturated heterocycles. The van der Waals surface area contributed by atoms with Gasteiger partial charge in [0, 0.05) is 17.6 Å². The van der Waals surface area contributed by atoms with Crippen LogP contribution >= 0.6 is 0 Å². The molecule has 0 aromatic carbocycles. The van der Waals surface area contributed by atoms with Gasteiger partial charge in [-0.05, 0) is 18.0 Å². The second-order valence-corrected chi connectivity index (χ2v) is 6.06. The van der Waals surface area contributed by atoms with Gasteiger partial charge in [0.15, 0.2) is 0 Å². The fraction of sp³-hybridized carbons (Fsp3) is 0.727. The van der Waals surface area contributed by atoms with Gasteiger partial charge in [-0.2, -0.15) is 8.42 Å². The van der Waals surface area contributed by atoms with E-state index in [1.165, 1.54) is 20.3 Å². The minimum Gasteiger partial charge on any atom is -0.466 e. The molecule has 0 amide bonds. The van der Waals surface area contributed by atoms with Crippen LogP contribution in [0, 0.1) is 0 Å². The smallest absolute Gasteiger partial charge is 0.333 e. The first kappa shape index (κ1) is 18.4. The average Bonchev–Trinajstić information content (AvgIpc) is 2.45. The highest BCUT2D eigenvalue weighted by atomic mass is 32.2. The van der Waals surface area contributed by atoms with Crippen molar-refractivity contribution in [1.29, 1.82) is 0 Å². The molecule has 1 unspecified atom stereocenters. The Hall–Kier alpha value is -1.65. The van der Waals surface area contributed by atoms with E-state index in [0.29, 0.717) is 0 Å². The molecule has 0 radical (unpaired) electrons. The largest absolute Gasteiger partial charge is 0.466 e. The van der Waals surface area contributed by atoms with Gasteiger partial charge in [-0.25, -0.2) is 4.79 Å². The van der Waals surface area contributed by atoms with Gasteiger partial charge >= 0.3 is 5.97 Å². The Bertz CT molecular complexity index is 582. The molecule has 0 aliphatic heterocycles.